The van der Waals surface area contributed by atoms with Crippen molar-refractivity contribution in [3.8, 4) is 11.3 Å². The number of nitrogens with one attached hydrogen (secondary N) is 1. The van der Waals surface area contributed by atoms with Crippen LogP contribution in [0.2, 0.25) is 5.02 Å². The fourth-order valence-electron chi connectivity index (χ4n) is 2.09. The van der Waals surface area contributed by atoms with Gasteiger partial charge in [0.1, 0.15) is 5.82 Å². The van der Waals surface area contributed by atoms with E-state index in [1.165, 1.54) is 17.4 Å². The molecular formula is C18H12ClFN2O3S. The maximum absolute atomic E-state index is 13.0. The number of ether oxygens (including phenoxy) is 1. The number of rotatable bonds is 5. The summed E-state index contributed by atoms with van der Waals surface area (Å²) in [7, 11) is 0. The van der Waals surface area contributed by atoms with E-state index in [2.05, 4.69) is 10.3 Å². The first-order valence-electron chi connectivity index (χ1n) is 7.46. The average Bonchev–Trinajstić information content (AvgIpc) is 3.09. The van der Waals surface area contributed by atoms with E-state index in [4.69, 9.17) is 16.3 Å². The summed E-state index contributed by atoms with van der Waals surface area (Å²) in [5.74, 6) is -1.91. The van der Waals surface area contributed by atoms with Crippen LogP contribution in [0.1, 0.15) is 10.4 Å². The van der Waals surface area contributed by atoms with Gasteiger partial charge in [-0.25, -0.2) is 14.2 Å². The van der Waals surface area contributed by atoms with E-state index in [-0.39, 0.29) is 10.6 Å². The zero-order chi connectivity index (χ0) is 18.5. The number of carbonyl (C=O) groups is 2. The fourth-order valence-corrected chi connectivity index (χ4v) is 3.07. The Morgan fingerprint density at radius 1 is 1.19 bits per heavy atom. The molecular weight excluding hydrogens is 379 g/mol. The summed E-state index contributed by atoms with van der Waals surface area (Å²) in [5.41, 5.74) is 1.66. The third-order valence-electron chi connectivity index (χ3n) is 3.31. The van der Waals surface area contributed by atoms with Crippen LogP contribution in [0, 0.1) is 5.82 Å². The highest BCUT2D eigenvalue weighted by molar-refractivity contribution is 7.14. The molecule has 1 amide bonds. The van der Waals surface area contributed by atoms with Crippen molar-refractivity contribution in [1.29, 1.82) is 0 Å². The van der Waals surface area contributed by atoms with Crippen LogP contribution in [-0.4, -0.2) is 23.5 Å². The van der Waals surface area contributed by atoms with Crippen LogP contribution >= 0.6 is 22.9 Å². The van der Waals surface area contributed by atoms with Crippen LogP contribution in [0.5, 0.6) is 0 Å². The minimum Gasteiger partial charge on any atom is -0.452 e. The van der Waals surface area contributed by atoms with Crippen molar-refractivity contribution >= 4 is 39.9 Å². The lowest BCUT2D eigenvalue weighted by Crippen LogP contribution is -2.21. The minimum atomic E-state index is -0.811. The van der Waals surface area contributed by atoms with Crippen molar-refractivity contribution in [1.82, 2.24) is 4.98 Å². The van der Waals surface area contributed by atoms with Crippen molar-refractivity contribution in [2.24, 2.45) is 0 Å². The van der Waals surface area contributed by atoms with E-state index < -0.39 is 24.3 Å². The van der Waals surface area contributed by atoms with Gasteiger partial charge in [0.15, 0.2) is 11.7 Å². The van der Waals surface area contributed by atoms with Crippen molar-refractivity contribution in [3.63, 3.8) is 0 Å². The minimum absolute atomic E-state index is 0.0125. The zero-order valence-electron chi connectivity index (χ0n) is 13.2. The highest BCUT2D eigenvalue weighted by atomic mass is 35.5. The van der Waals surface area contributed by atoms with Gasteiger partial charge < -0.3 is 4.74 Å². The third kappa shape index (κ3) is 4.44. The molecule has 3 rings (SSSR count). The fraction of sp³-hybridized carbons (Fsp3) is 0.0556. The van der Waals surface area contributed by atoms with Crippen LogP contribution in [-0.2, 0) is 9.53 Å². The van der Waals surface area contributed by atoms with Crippen molar-refractivity contribution in [2.45, 2.75) is 0 Å². The first-order valence-corrected chi connectivity index (χ1v) is 8.71. The Labute approximate surface area is 157 Å². The Hall–Kier alpha value is -2.77. The number of carbonyl (C=O) groups excluding carboxylic acids is 2. The summed E-state index contributed by atoms with van der Waals surface area (Å²) in [4.78, 5) is 28.1. The van der Waals surface area contributed by atoms with Gasteiger partial charge in [0, 0.05) is 10.9 Å². The molecule has 0 aliphatic rings. The second-order valence-electron chi connectivity index (χ2n) is 5.15. The van der Waals surface area contributed by atoms with E-state index >= 15 is 0 Å². The lowest BCUT2D eigenvalue weighted by molar-refractivity contribution is -0.119. The Kier molecular flexibility index (Phi) is 5.60. The maximum atomic E-state index is 13.0. The van der Waals surface area contributed by atoms with Crippen LogP contribution in [0.3, 0.4) is 0 Å². The number of halogens is 2. The smallest absolute Gasteiger partial charge is 0.340 e. The van der Waals surface area contributed by atoms with Gasteiger partial charge in [-0.3, -0.25) is 10.1 Å². The van der Waals surface area contributed by atoms with Crippen molar-refractivity contribution in [3.05, 3.63) is 70.3 Å². The lowest BCUT2D eigenvalue weighted by Gasteiger charge is -2.06. The van der Waals surface area contributed by atoms with Crippen LogP contribution < -0.4 is 5.32 Å². The summed E-state index contributed by atoms with van der Waals surface area (Å²) in [6, 6.07) is 12.8. The molecule has 1 aromatic heterocycles. The number of amides is 1. The van der Waals surface area contributed by atoms with Gasteiger partial charge in [0.25, 0.3) is 5.91 Å². The Morgan fingerprint density at radius 3 is 2.69 bits per heavy atom. The number of nitrogens with zero attached hydrogens (tertiary/aromatic N) is 1. The van der Waals surface area contributed by atoms with Gasteiger partial charge in [0.2, 0.25) is 0 Å². The molecule has 0 fully saturated rings. The summed E-state index contributed by atoms with van der Waals surface area (Å²) < 4.78 is 17.9. The largest absolute Gasteiger partial charge is 0.452 e. The molecule has 0 spiro atoms. The third-order valence-corrected chi connectivity index (χ3v) is 4.38. The Balaban J connectivity index is 1.56. The molecule has 3 aromatic rings. The summed E-state index contributed by atoms with van der Waals surface area (Å²) in [6.45, 7) is -0.507. The molecule has 5 nitrogen and oxygen atoms in total. The quantitative estimate of drug-likeness (QED) is 0.656. The van der Waals surface area contributed by atoms with Gasteiger partial charge in [-0.1, -0.05) is 41.9 Å². The maximum Gasteiger partial charge on any atom is 0.340 e. The zero-order valence-corrected chi connectivity index (χ0v) is 14.8. The lowest BCUT2D eigenvalue weighted by atomic mass is 10.2. The Bertz CT molecular complexity index is 947. The average molecular weight is 391 g/mol. The monoisotopic (exact) mass is 390 g/mol. The molecule has 0 unspecified atom stereocenters. The van der Waals surface area contributed by atoms with Gasteiger partial charge in [-0.2, -0.15) is 0 Å². The molecule has 132 valence electrons. The molecule has 0 saturated carbocycles. The predicted octanol–water partition coefficient (Wildman–Crippen LogP) is 4.40. The summed E-state index contributed by atoms with van der Waals surface area (Å²) in [5, 5.41) is 4.69. The molecule has 2 aromatic carbocycles. The van der Waals surface area contributed by atoms with E-state index in [1.54, 1.807) is 0 Å². The van der Waals surface area contributed by atoms with E-state index in [0.717, 1.165) is 23.4 Å². The first-order chi connectivity index (χ1) is 12.5. The van der Waals surface area contributed by atoms with Crippen LogP contribution in [0.4, 0.5) is 9.52 Å². The molecule has 0 radical (unpaired) electrons. The van der Waals surface area contributed by atoms with Crippen LogP contribution in [0.25, 0.3) is 11.3 Å². The van der Waals surface area contributed by atoms with Gasteiger partial charge in [-0.15, -0.1) is 11.3 Å². The number of anilines is 1. The van der Waals surface area contributed by atoms with Crippen molar-refractivity contribution < 1.29 is 18.7 Å². The molecule has 0 atom stereocenters. The number of hydrogen-bond acceptors (Lipinski definition) is 5. The van der Waals surface area contributed by atoms with Gasteiger partial charge >= 0.3 is 5.97 Å². The predicted molar refractivity (Wildman–Crippen MR) is 97.9 cm³/mol. The SMILES string of the molecule is O=C(COC(=O)c1ccc(F)cc1Cl)Nc1nc(-c2ccccc2)cs1. The second-order valence-corrected chi connectivity index (χ2v) is 6.42. The van der Waals surface area contributed by atoms with Gasteiger partial charge in [0.05, 0.1) is 16.3 Å². The molecule has 1 N–H and O–H groups in total. The Morgan fingerprint density at radius 2 is 1.96 bits per heavy atom. The molecule has 0 saturated heterocycles. The normalized spacial score (nSPS) is 10.4. The van der Waals surface area contributed by atoms with Gasteiger partial charge in [-0.05, 0) is 18.2 Å². The molecule has 1 heterocycles. The standard InChI is InChI=1S/C18H12ClFN2O3S/c19-14-8-12(20)6-7-13(14)17(24)25-9-16(23)22-18-21-15(10-26-18)11-4-2-1-3-5-11/h1-8,10H,9H2,(H,21,22,23). The molecule has 26 heavy (non-hydrogen) atoms. The number of benzene rings is 2. The van der Waals surface area contributed by atoms with E-state index in [9.17, 15) is 14.0 Å². The topological polar surface area (TPSA) is 68.3 Å². The summed E-state index contributed by atoms with van der Waals surface area (Å²) >= 11 is 7.04. The molecule has 8 heteroatoms. The first kappa shape index (κ1) is 18.0. The molecule has 0 aliphatic carbocycles. The number of esters is 1. The van der Waals surface area contributed by atoms with Crippen molar-refractivity contribution in [2.75, 3.05) is 11.9 Å². The second kappa shape index (κ2) is 8.07. The number of aromatic nitrogens is 1. The number of hydrogen-bond donors (Lipinski definition) is 1. The summed E-state index contributed by atoms with van der Waals surface area (Å²) in [6.07, 6.45) is 0. The molecule has 0 aliphatic heterocycles. The highest BCUT2D eigenvalue weighted by Gasteiger charge is 2.15. The van der Waals surface area contributed by atoms with Crippen LogP contribution in [0.15, 0.2) is 53.9 Å². The highest BCUT2D eigenvalue weighted by Crippen LogP contribution is 2.24. The molecule has 0 bridgehead atoms. The van der Waals surface area contributed by atoms with E-state index in [1.807, 2.05) is 35.7 Å². The number of thiazole rings is 1. The van der Waals surface area contributed by atoms with E-state index in [0.29, 0.717) is 5.13 Å².